The van der Waals surface area contributed by atoms with Gasteiger partial charge in [0, 0.05) is 6.42 Å². The Morgan fingerprint density at radius 1 is 0.909 bits per heavy atom. The van der Waals surface area contributed by atoms with E-state index in [4.69, 9.17) is 4.55 Å². The number of rotatable bonds is 5. The molecule has 0 heterocycles. The van der Waals surface area contributed by atoms with E-state index in [1.165, 1.54) is 0 Å². The summed E-state index contributed by atoms with van der Waals surface area (Å²) in [4.78, 5) is -0.566. The van der Waals surface area contributed by atoms with Gasteiger partial charge in [-0.1, -0.05) is 12.1 Å². The molecule has 3 nitrogen and oxygen atoms in total. The van der Waals surface area contributed by atoms with Crippen LogP contribution in [-0.2, 0) is 16.5 Å². The zero-order valence-electron chi connectivity index (χ0n) is 10.5. The normalized spacial score (nSPS) is 14.2. The largest absolute Gasteiger partial charge is 0.459 e. The van der Waals surface area contributed by atoms with Crippen molar-refractivity contribution in [1.82, 2.24) is 0 Å². The SMILES string of the molecule is O=S(=O)(O)c1ccc(CCC(F)(F)C(F)(F)C(F)(F)F)cc1. The van der Waals surface area contributed by atoms with Crippen LogP contribution in [-0.4, -0.2) is 31.0 Å². The maximum absolute atomic E-state index is 13.0. The molecule has 1 aromatic rings. The fraction of sp³-hybridized carbons (Fsp3) is 0.455. The fourth-order valence-corrected chi connectivity index (χ4v) is 1.97. The Labute approximate surface area is 120 Å². The van der Waals surface area contributed by atoms with E-state index < -0.39 is 45.9 Å². The summed E-state index contributed by atoms with van der Waals surface area (Å²) in [6.07, 6.45) is -9.01. The van der Waals surface area contributed by atoms with E-state index in [1.54, 1.807) is 0 Å². The van der Waals surface area contributed by atoms with E-state index in [1.807, 2.05) is 0 Å². The average Bonchev–Trinajstić information content (AvgIpc) is 2.34. The highest BCUT2D eigenvalue weighted by molar-refractivity contribution is 7.85. The van der Waals surface area contributed by atoms with Crippen molar-refractivity contribution < 1.29 is 43.7 Å². The van der Waals surface area contributed by atoms with Gasteiger partial charge in [0.1, 0.15) is 0 Å². The summed E-state index contributed by atoms with van der Waals surface area (Å²) in [5, 5.41) is 0. The van der Waals surface area contributed by atoms with Crippen LogP contribution in [0.3, 0.4) is 0 Å². The van der Waals surface area contributed by atoms with Gasteiger partial charge in [-0.15, -0.1) is 0 Å². The minimum atomic E-state index is -6.38. The van der Waals surface area contributed by atoms with Gasteiger partial charge in [0.2, 0.25) is 0 Å². The zero-order valence-corrected chi connectivity index (χ0v) is 11.4. The van der Waals surface area contributed by atoms with E-state index in [2.05, 4.69) is 0 Å². The topological polar surface area (TPSA) is 54.4 Å². The molecule has 0 bridgehead atoms. The molecule has 1 aromatic carbocycles. The van der Waals surface area contributed by atoms with Crippen LogP contribution >= 0.6 is 0 Å². The molecule has 0 aromatic heterocycles. The van der Waals surface area contributed by atoms with Crippen LogP contribution in [0.4, 0.5) is 30.7 Å². The van der Waals surface area contributed by atoms with Crippen molar-refractivity contribution in [2.75, 3.05) is 0 Å². The first-order valence-corrected chi connectivity index (χ1v) is 7.01. The van der Waals surface area contributed by atoms with Crippen LogP contribution in [0.2, 0.25) is 0 Å². The Balaban J connectivity index is 2.86. The molecule has 0 saturated heterocycles. The molecule has 0 unspecified atom stereocenters. The summed E-state index contributed by atoms with van der Waals surface area (Å²) < 4.78 is 117. The lowest BCUT2D eigenvalue weighted by Gasteiger charge is -2.28. The van der Waals surface area contributed by atoms with Gasteiger partial charge in [-0.05, 0) is 24.1 Å². The lowest BCUT2D eigenvalue weighted by atomic mass is 10.0. The van der Waals surface area contributed by atoms with E-state index in [-0.39, 0.29) is 5.56 Å². The smallest absolute Gasteiger partial charge is 0.282 e. The molecule has 0 radical (unpaired) electrons. The second kappa shape index (κ2) is 5.69. The predicted octanol–water partition coefficient (Wildman–Crippen LogP) is 3.70. The van der Waals surface area contributed by atoms with E-state index in [0.717, 1.165) is 24.3 Å². The van der Waals surface area contributed by atoms with E-state index in [9.17, 15) is 39.2 Å². The maximum atomic E-state index is 13.0. The van der Waals surface area contributed by atoms with Crippen LogP contribution in [0, 0.1) is 0 Å². The van der Waals surface area contributed by atoms with Crippen molar-refractivity contribution in [2.45, 2.75) is 35.8 Å². The molecular formula is C11H9F7O3S. The van der Waals surface area contributed by atoms with Gasteiger partial charge in [-0.25, -0.2) is 0 Å². The molecule has 1 N–H and O–H groups in total. The highest BCUT2D eigenvalue weighted by Crippen LogP contribution is 2.48. The van der Waals surface area contributed by atoms with Crippen molar-refractivity contribution in [3.8, 4) is 0 Å². The van der Waals surface area contributed by atoms with Gasteiger partial charge >= 0.3 is 18.0 Å². The molecule has 0 spiro atoms. The molecule has 126 valence electrons. The second-order valence-corrected chi connectivity index (χ2v) is 5.82. The van der Waals surface area contributed by atoms with Gasteiger partial charge in [0.05, 0.1) is 4.90 Å². The van der Waals surface area contributed by atoms with Crippen LogP contribution < -0.4 is 0 Å². The molecule has 11 heteroatoms. The fourth-order valence-electron chi connectivity index (χ4n) is 1.49. The van der Waals surface area contributed by atoms with Crippen molar-refractivity contribution in [1.29, 1.82) is 0 Å². The highest BCUT2D eigenvalue weighted by Gasteiger charge is 2.72. The number of alkyl halides is 7. The van der Waals surface area contributed by atoms with Gasteiger partial charge in [0.25, 0.3) is 10.1 Å². The number of hydrogen-bond acceptors (Lipinski definition) is 2. The molecule has 0 aliphatic heterocycles. The molecular weight excluding hydrogens is 345 g/mol. The van der Waals surface area contributed by atoms with Crippen molar-refractivity contribution in [3.05, 3.63) is 29.8 Å². The Morgan fingerprint density at radius 3 is 1.73 bits per heavy atom. The number of hydrogen-bond donors (Lipinski definition) is 1. The highest BCUT2D eigenvalue weighted by atomic mass is 32.2. The standard InChI is InChI=1S/C11H9F7O3S/c12-9(13,10(14,15)11(16,17)18)6-5-7-1-3-8(4-2-7)22(19,20)21/h1-4H,5-6H2,(H,19,20,21). The minimum absolute atomic E-state index is 0.0925. The van der Waals surface area contributed by atoms with E-state index >= 15 is 0 Å². The van der Waals surface area contributed by atoms with Crippen LogP contribution in [0.15, 0.2) is 29.2 Å². The quantitative estimate of drug-likeness (QED) is 0.648. The summed E-state index contributed by atoms with van der Waals surface area (Å²) in [7, 11) is -4.52. The molecule has 22 heavy (non-hydrogen) atoms. The summed E-state index contributed by atoms with van der Waals surface area (Å²) in [6.45, 7) is 0. The summed E-state index contributed by atoms with van der Waals surface area (Å²) in [6, 6.07) is 3.46. The molecule has 1 rings (SSSR count). The second-order valence-electron chi connectivity index (χ2n) is 4.40. The molecule has 0 atom stereocenters. The monoisotopic (exact) mass is 354 g/mol. The molecule has 0 amide bonds. The lowest BCUT2D eigenvalue weighted by Crippen LogP contribution is -2.52. The summed E-state index contributed by atoms with van der Waals surface area (Å²) in [5.41, 5.74) is -0.0925. The first-order chi connectivity index (χ1) is 9.68. The number of aryl methyl sites for hydroxylation is 1. The van der Waals surface area contributed by atoms with Crippen LogP contribution in [0.5, 0.6) is 0 Å². The van der Waals surface area contributed by atoms with Crippen molar-refractivity contribution in [2.24, 2.45) is 0 Å². The molecule has 0 aliphatic rings. The van der Waals surface area contributed by atoms with Crippen LogP contribution in [0.25, 0.3) is 0 Å². The number of halogens is 7. The van der Waals surface area contributed by atoms with Gasteiger partial charge in [-0.2, -0.15) is 39.2 Å². The average molecular weight is 354 g/mol. The Kier molecular flexibility index (Phi) is 4.83. The number of benzene rings is 1. The van der Waals surface area contributed by atoms with Gasteiger partial charge in [-0.3, -0.25) is 4.55 Å². The third-order valence-electron chi connectivity index (χ3n) is 2.76. The Hall–Kier alpha value is -1.36. The first-order valence-electron chi connectivity index (χ1n) is 5.57. The first kappa shape index (κ1) is 18.7. The van der Waals surface area contributed by atoms with Crippen molar-refractivity contribution in [3.63, 3.8) is 0 Å². The Morgan fingerprint density at radius 2 is 1.36 bits per heavy atom. The molecule has 0 saturated carbocycles. The van der Waals surface area contributed by atoms with Gasteiger partial charge < -0.3 is 0 Å². The van der Waals surface area contributed by atoms with E-state index in [0.29, 0.717) is 0 Å². The molecule has 0 fully saturated rings. The third-order valence-corrected chi connectivity index (χ3v) is 3.63. The summed E-state index contributed by atoms with van der Waals surface area (Å²) in [5.74, 6) is -11.5. The predicted molar refractivity (Wildman–Crippen MR) is 60.5 cm³/mol. The third kappa shape index (κ3) is 3.88. The van der Waals surface area contributed by atoms with Crippen molar-refractivity contribution >= 4 is 10.1 Å². The zero-order chi connectivity index (χ0) is 17.4. The van der Waals surface area contributed by atoms with Gasteiger partial charge in [0.15, 0.2) is 0 Å². The Bertz CT molecular complexity index is 620. The maximum Gasteiger partial charge on any atom is 0.459 e. The minimum Gasteiger partial charge on any atom is -0.282 e. The van der Waals surface area contributed by atoms with Crippen LogP contribution in [0.1, 0.15) is 12.0 Å². The molecule has 0 aliphatic carbocycles. The lowest BCUT2D eigenvalue weighted by molar-refractivity contribution is -0.355. The summed E-state index contributed by atoms with van der Waals surface area (Å²) >= 11 is 0.